The van der Waals surface area contributed by atoms with Gasteiger partial charge in [-0.15, -0.1) is 0 Å². The van der Waals surface area contributed by atoms with Crippen LogP contribution >= 0.6 is 0 Å². The van der Waals surface area contributed by atoms with E-state index in [1.54, 1.807) is 0 Å². The van der Waals surface area contributed by atoms with Gasteiger partial charge in [0.25, 0.3) is 0 Å². The Bertz CT molecular complexity index is 420. The second-order valence-electron chi connectivity index (χ2n) is 4.05. The molecule has 0 amide bonds. The van der Waals surface area contributed by atoms with Gasteiger partial charge in [0.1, 0.15) is 18.2 Å². The molecule has 1 aromatic rings. The molecule has 1 aromatic carbocycles. The van der Waals surface area contributed by atoms with Gasteiger partial charge in [0.15, 0.2) is 5.78 Å². The lowest BCUT2D eigenvalue weighted by Gasteiger charge is -2.13. The molecule has 1 rings (SSSR count). The molecule has 19 heavy (non-hydrogen) atoms. The summed E-state index contributed by atoms with van der Waals surface area (Å²) < 4.78 is 28.7. The lowest BCUT2D eigenvalue weighted by molar-refractivity contribution is 0.00108. The SMILES string of the molecule is CCOCC(C)OCC(=O)c1cc(F)ccc1OC. The van der Waals surface area contributed by atoms with Gasteiger partial charge in [0.05, 0.1) is 25.4 Å². The van der Waals surface area contributed by atoms with Crippen molar-refractivity contribution in [1.82, 2.24) is 0 Å². The zero-order valence-corrected chi connectivity index (χ0v) is 11.4. The number of halogens is 1. The minimum absolute atomic E-state index is 0.131. The third-order valence-corrected chi connectivity index (χ3v) is 2.52. The zero-order valence-electron chi connectivity index (χ0n) is 11.4. The molecule has 0 spiro atoms. The Labute approximate surface area is 112 Å². The van der Waals surface area contributed by atoms with Gasteiger partial charge < -0.3 is 14.2 Å². The van der Waals surface area contributed by atoms with Crippen molar-refractivity contribution in [3.63, 3.8) is 0 Å². The molecule has 0 aliphatic rings. The van der Waals surface area contributed by atoms with E-state index in [9.17, 15) is 9.18 Å². The molecule has 0 aliphatic carbocycles. The highest BCUT2D eigenvalue weighted by atomic mass is 19.1. The van der Waals surface area contributed by atoms with Gasteiger partial charge >= 0.3 is 0 Å². The summed E-state index contributed by atoms with van der Waals surface area (Å²) >= 11 is 0. The van der Waals surface area contributed by atoms with E-state index in [4.69, 9.17) is 14.2 Å². The first kappa shape index (κ1) is 15.6. The maximum atomic E-state index is 13.1. The molecule has 4 nitrogen and oxygen atoms in total. The summed E-state index contributed by atoms with van der Waals surface area (Å²) in [7, 11) is 1.43. The number of carbonyl (C=O) groups is 1. The highest BCUT2D eigenvalue weighted by Crippen LogP contribution is 2.20. The highest BCUT2D eigenvalue weighted by molar-refractivity contribution is 5.99. The lowest BCUT2D eigenvalue weighted by atomic mass is 10.1. The van der Waals surface area contributed by atoms with E-state index in [1.165, 1.54) is 19.2 Å². The number of carbonyl (C=O) groups excluding carboxylic acids is 1. The lowest BCUT2D eigenvalue weighted by Crippen LogP contribution is -2.21. The number of methoxy groups -OCH3 is 1. The van der Waals surface area contributed by atoms with Crippen LogP contribution in [-0.4, -0.2) is 38.8 Å². The van der Waals surface area contributed by atoms with Crippen LogP contribution in [0.5, 0.6) is 5.75 Å². The summed E-state index contributed by atoms with van der Waals surface area (Å²) in [6.07, 6.45) is -0.191. The Morgan fingerprint density at radius 1 is 1.42 bits per heavy atom. The molecule has 1 unspecified atom stereocenters. The van der Waals surface area contributed by atoms with Crippen LogP contribution in [0, 0.1) is 5.82 Å². The van der Waals surface area contributed by atoms with Crippen molar-refractivity contribution in [3.05, 3.63) is 29.6 Å². The fraction of sp³-hybridized carbons (Fsp3) is 0.500. The quantitative estimate of drug-likeness (QED) is 0.681. The van der Waals surface area contributed by atoms with E-state index in [1.807, 2.05) is 13.8 Å². The molecular weight excluding hydrogens is 251 g/mol. The number of hydrogen-bond donors (Lipinski definition) is 0. The fourth-order valence-corrected chi connectivity index (χ4v) is 1.53. The fourth-order valence-electron chi connectivity index (χ4n) is 1.53. The van der Waals surface area contributed by atoms with E-state index < -0.39 is 5.82 Å². The molecule has 0 N–H and O–H groups in total. The number of ketones is 1. The van der Waals surface area contributed by atoms with Crippen molar-refractivity contribution < 1.29 is 23.4 Å². The van der Waals surface area contributed by atoms with Crippen molar-refractivity contribution in [3.8, 4) is 5.75 Å². The Balaban J connectivity index is 2.60. The molecule has 0 saturated heterocycles. The van der Waals surface area contributed by atoms with E-state index >= 15 is 0 Å². The first-order chi connectivity index (χ1) is 9.08. The van der Waals surface area contributed by atoms with Gasteiger partial charge in [0, 0.05) is 6.61 Å². The third-order valence-electron chi connectivity index (χ3n) is 2.52. The van der Waals surface area contributed by atoms with Crippen LogP contribution in [0.1, 0.15) is 24.2 Å². The molecule has 0 radical (unpaired) electrons. The normalized spacial score (nSPS) is 12.2. The highest BCUT2D eigenvalue weighted by Gasteiger charge is 2.15. The third kappa shape index (κ3) is 4.96. The van der Waals surface area contributed by atoms with Crippen molar-refractivity contribution >= 4 is 5.78 Å². The number of rotatable bonds is 8. The van der Waals surface area contributed by atoms with Crippen molar-refractivity contribution in [1.29, 1.82) is 0 Å². The van der Waals surface area contributed by atoms with E-state index in [0.717, 1.165) is 6.07 Å². The average molecular weight is 270 g/mol. The van der Waals surface area contributed by atoms with Crippen LogP contribution in [0.25, 0.3) is 0 Å². The molecule has 0 heterocycles. The summed E-state index contributed by atoms with van der Waals surface area (Å²) in [4.78, 5) is 11.9. The smallest absolute Gasteiger partial charge is 0.192 e. The predicted molar refractivity (Wildman–Crippen MR) is 69.2 cm³/mol. The summed E-state index contributed by atoms with van der Waals surface area (Å²) in [5.41, 5.74) is 0.186. The molecule has 0 bridgehead atoms. The van der Waals surface area contributed by atoms with Crippen molar-refractivity contribution in [2.24, 2.45) is 0 Å². The molecule has 0 aliphatic heterocycles. The van der Waals surface area contributed by atoms with Crippen LogP contribution in [0.15, 0.2) is 18.2 Å². The molecular formula is C14H19FO4. The van der Waals surface area contributed by atoms with Crippen LogP contribution in [-0.2, 0) is 9.47 Å². The minimum Gasteiger partial charge on any atom is -0.496 e. The topological polar surface area (TPSA) is 44.8 Å². The molecule has 0 aromatic heterocycles. The second kappa shape index (κ2) is 7.86. The van der Waals surface area contributed by atoms with E-state index in [0.29, 0.717) is 19.0 Å². The van der Waals surface area contributed by atoms with Gasteiger partial charge in [-0.05, 0) is 32.0 Å². The Kier molecular flexibility index (Phi) is 6.45. The Morgan fingerprint density at radius 2 is 2.16 bits per heavy atom. The number of ether oxygens (including phenoxy) is 3. The average Bonchev–Trinajstić information content (AvgIpc) is 2.42. The van der Waals surface area contributed by atoms with Crippen LogP contribution in [0.3, 0.4) is 0 Å². The summed E-state index contributed by atoms with van der Waals surface area (Å²) in [6.45, 7) is 4.58. The molecule has 5 heteroatoms. The van der Waals surface area contributed by atoms with Gasteiger partial charge in [-0.1, -0.05) is 0 Å². The first-order valence-electron chi connectivity index (χ1n) is 6.14. The zero-order chi connectivity index (χ0) is 14.3. The molecule has 0 saturated carbocycles. The van der Waals surface area contributed by atoms with Crippen LogP contribution in [0.2, 0.25) is 0 Å². The maximum Gasteiger partial charge on any atom is 0.192 e. The Hall–Kier alpha value is -1.46. The monoisotopic (exact) mass is 270 g/mol. The Morgan fingerprint density at radius 3 is 2.79 bits per heavy atom. The number of benzene rings is 1. The minimum atomic E-state index is -0.480. The van der Waals surface area contributed by atoms with Gasteiger partial charge in [-0.2, -0.15) is 0 Å². The van der Waals surface area contributed by atoms with Crippen molar-refractivity contribution in [2.45, 2.75) is 20.0 Å². The number of hydrogen-bond acceptors (Lipinski definition) is 4. The van der Waals surface area contributed by atoms with Gasteiger partial charge in [0.2, 0.25) is 0 Å². The molecule has 0 fully saturated rings. The molecule has 1 atom stereocenters. The maximum absolute atomic E-state index is 13.1. The summed E-state index contributed by atoms with van der Waals surface area (Å²) in [6, 6.07) is 3.82. The molecule has 106 valence electrons. The standard InChI is InChI=1S/C14H19FO4/c1-4-18-8-10(2)19-9-13(16)12-7-11(15)5-6-14(12)17-3/h5-7,10H,4,8-9H2,1-3H3. The van der Waals surface area contributed by atoms with Crippen molar-refractivity contribution in [2.75, 3.05) is 26.9 Å². The van der Waals surface area contributed by atoms with Crippen LogP contribution in [0.4, 0.5) is 4.39 Å². The first-order valence-corrected chi connectivity index (χ1v) is 6.14. The number of Topliss-reactive ketones (excluding diaryl/α,β-unsaturated/α-hetero) is 1. The largest absolute Gasteiger partial charge is 0.496 e. The summed E-state index contributed by atoms with van der Waals surface area (Å²) in [5.74, 6) is -0.460. The summed E-state index contributed by atoms with van der Waals surface area (Å²) in [5, 5.41) is 0. The van der Waals surface area contributed by atoms with Gasteiger partial charge in [-0.25, -0.2) is 4.39 Å². The van der Waals surface area contributed by atoms with E-state index in [2.05, 4.69) is 0 Å². The predicted octanol–water partition coefficient (Wildman–Crippen LogP) is 2.46. The van der Waals surface area contributed by atoms with E-state index in [-0.39, 0.29) is 24.1 Å². The van der Waals surface area contributed by atoms with Crippen LogP contribution < -0.4 is 4.74 Å². The van der Waals surface area contributed by atoms with Gasteiger partial charge in [-0.3, -0.25) is 4.79 Å². The second-order valence-corrected chi connectivity index (χ2v) is 4.05.